The molecule has 0 unspecified atom stereocenters. The highest BCUT2D eigenvalue weighted by Crippen LogP contribution is 2.48. The van der Waals surface area contributed by atoms with Crippen LogP contribution in [-0.4, -0.2) is 32.5 Å². The third kappa shape index (κ3) is 7.88. The molecule has 5 heterocycles. The lowest BCUT2D eigenvalue weighted by atomic mass is 9.79. The van der Waals surface area contributed by atoms with E-state index in [1.54, 1.807) is 0 Å². The minimum atomic E-state index is 0.161. The third-order valence-electron chi connectivity index (χ3n) is 9.21. The zero-order chi connectivity index (χ0) is 31.7. The number of hydrogen-bond acceptors (Lipinski definition) is 7. The predicted octanol–water partition coefficient (Wildman–Crippen LogP) is 12.1. The van der Waals surface area contributed by atoms with Gasteiger partial charge in [0.25, 0.3) is 0 Å². The smallest absolute Gasteiger partial charge is 0.119 e. The van der Waals surface area contributed by atoms with Crippen LogP contribution in [0.4, 0.5) is 11.4 Å². The number of thiophene rings is 2. The molecule has 0 N–H and O–H groups in total. The van der Waals surface area contributed by atoms with Gasteiger partial charge in [0.2, 0.25) is 0 Å². The molecule has 3 atom stereocenters. The molecule has 0 spiro atoms. The zero-order valence-electron chi connectivity index (χ0n) is 27.4. The van der Waals surface area contributed by atoms with Gasteiger partial charge in [-0.1, -0.05) is 12.2 Å². The number of methoxy groups -OCH3 is 1. The van der Waals surface area contributed by atoms with Crippen LogP contribution in [-0.2, 0) is 9.47 Å². The lowest BCUT2D eigenvalue weighted by Gasteiger charge is -2.37. The highest BCUT2D eigenvalue weighted by atomic mass is 32.1. The number of azo groups is 1. The van der Waals surface area contributed by atoms with Gasteiger partial charge in [0.15, 0.2) is 0 Å². The fourth-order valence-electron chi connectivity index (χ4n) is 6.96. The van der Waals surface area contributed by atoms with Crippen molar-refractivity contribution in [2.75, 3.05) is 20.3 Å². The first kappa shape index (κ1) is 32.8. The number of fused-ring (bicyclic) bond motifs is 2. The minimum Gasteiger partial charge on any atom is -0.494 e. The standard InChI is InChI=1S/C39H46N2O3S2/c1-27-25-30-26-28(2)36(27)32-19-23-45-38(32)39-33(20-24-46-39)37-34(42-3)13-12-14-35(37)44-22-11-9-7-5-4-6-8-10-21-43-31-17-15-29(16-18-31)40-41-30/h4-5,15-20,23-26,34-35,37H,6-14,21-22H2,1-3H3/b5-4-,41-40?/t34-,35+,37-/m1/s1. The van der Waals surface area contributed by atoms with E-state index in [1.807, 2.05) is 54.0 Å². The van der Waals surface area contributed by atoms with E-state index in [0.29, 0.717) is 0 Å². The lowest BCUT2D eigenvalue weighted by molar-refractivity contribution is -0.0499. The molecule has 4 bridgehead atoms. The molecule has 1 saturated carbocycles. The molecule has 8 rings (SSSR count). The Morgan fingerprint density at radius 1 is 0.739 bits per heavy atom. The lowest BCUT2D eigenvalue weighted by Crippen LogP contribution is -2.37. The molecule has 5 nitrogen and oxygen atoms in total. The normalized spacial score (nSPS) is 22.2. The first-order valence-corrected chi connectivity index (χ1v) is 18.6. The molecule has 1 fully saturated rings. The SMILES string of the molecule is CO[C@@H]1CCC[C@@H]2OCCCC/C=C\CCCCOc3ccc(cc3)N=Nc3cc(C)c(c(C)c3)-c3ccsc3-c3sccc3[C@@H]21. The molecule has 2 aromatic heterocycles. The van der Waals surface area contributed by atoms with Gasteiger partial charge in [-0.25, -0.2) is 0 Å². The van der Waals surface area contributed by atoms with Crippen LogP contribution in [0.15, 0.2) is 81.7 Å². The largest absolute Gasteiger partial charge is 0.494 e. The summed E-state index contributed by atoms with van der Waals surface area (Å²) in [6.07, 6.45) is 14.9. The van der Waals surface area contributed by atoms with Crippen molar-refractivity contribution in [1.29, 1.82) is 0 Å². The molecular formula is C39H46N2O3S2. The van der Waals surface area contributed by atoms with Crippen LogP contribution in [0.3, 0.4) is 0 Å². The molecule has 2 aromatic carbocycles. The third-order valence-corrected chi connectivity index (χ3v) is 11.2. The highest BCUT2D eigenvalue weighted by molar-refractivity contribution is 7.21. The second-order valence-corrected chi connectivity index (χ2v) is 14.3. The van der Waals surface area contributed by atoms with Crippen LogP contribution in [0, 0.1) is 13.8 Å². The van der Waals surface area contributed by atoms with E-state index >= 15 is 0 Å². The van der Waals surface area contributed by atoms with E-state index in [9.17, 15) is 0 Å². The Labute approximate surface area is 282 Å². The van der Waals surface area contributed by atoms with Crippen LogP contribution in [0.25, 0.3) is 20.9 Å². The Kier molecular flexibility index (Phi) is 11.5. The van der Waals surface area contributed by atoms with Crippen molar-refractivity contribution in [3.8, 4) is 26.6 Å². The summed E-state index contributed by atoms with van der Waals surface area (Å²) in [5.41, 5.74) is 8.01. The summed E-state index contributed by atoms with van der Waals surface area (Å²) >= 11 is 3.67. The Hall–Kier alpha value is -3.10. The van der Waals surface area contributed by atoms with Gasteiger partial charge >= 0.3 is 0 Å². The van der Waals surface area contributed by atoms with E-state index < -0.39 is 0 Å². The number of nitrogens with zero attached hydrogens (tertiary/aromatic N) is 2. The fraction of sp³-hybridized carbons (Fsp3) is 0.436. The maximum atomic E-state index is 6.69. The van der Waals surface area contributed by atoms with E-state index in [1.165, 1.54) is 37.6 Å². The van der Waals surface area contributed by atoms with Gasteiger partial charge in [0.05, 0.1) is 35.1 Å². The van der Waals surface area contributed by atoms with E-state index in [0.717, 1.165) is 88.1 Å². The maximum absolute atomic E-state index is 6.69. The van der Waals surface area contributed by atoms with Crippen molar-refractivity contribution in [3.05, 3.63) is 88.1 Å². The van der Waals surface area contributed by atoms with Crippen LogP contribution in [0.1, 0.15) is 80.4 Å². The molecule has 7 heteroatoms. The number of ether oxygens (including phenoxy) is 3. The first-order chi connectivity index (χ1) is 22.6. The van der Waals surface area contributed by atoms with Gasteiger partial charge < -0.3 is 14.2 Å². The van der Waals surface area contributed by atoms with Crippen LogP contribution >= 0.6 is 22.7 Å². The zero-order valence-corrected chi connectivity index (χ0v) is 29.0. The van der Waals surface area contributed by atoms with Gasteiger partial charge in [-0.3, -0.25) is 0 Å². The van der Waals surface area contributed by atoms with Crippen LogP contribution < -0.4 is 4.74 Å². The predicted molar refractivity (Wildman–Crippen MR) is 193 cm³/mol. The molecule has 0 amide bonds. The molecule has 4 aliphatic rings. The molecule has 3 aliphatic heterocycles. The summed E-state index contributed by atoms with van der Waals surface area (Å²) in [5, 5.41) is 13.6. The second-order valence-electron chi connectivity index (χ2n) is 12.5. The average Bonchev–Trinajstić information content (AvgIpc) is 3.74. The summed E-state index contributed by atoms with van der Waals surface area (Å²) in [7, 11) is 1.87. The summed E-state index contributed by atoms with van der Waals surface area (Å²) in [5.74, 6) is 1.10. The van der Waals surface area contributed by atoms with Crippen molar-refractivity contribution in [2.45, 2.75) is 89.8 Å². The topological polar surface area (TPSA) is 52.4 Å². The summed E-state index contributed by atoms with van der Waals surface area (Å²) in [4.78, 5) is 2.67. The number of rotatable bonds is 1. The van der Waals surface area contributed by atoms with Crippen molar-refractivity contribution >= 4 is 34.0 Å². The summed E-state index contributed by atoms with van der Waals surface area (Å²) < 4.78 is 18.8. The molecule has 242 valence electrons. The van der Waals surface area contributed by atoms with Crippen LogP contribution in [0.2, 0.25) is 0 Å². The van der Waals surface area contributed by atoms with Gasteiger partial charge in [0, 0.05) is 30.1 Å². The molecular weight excluding hydrogens is 609 g/mol. The van der Waals surface area contributed by atoms with Gasteiger partial charge in [-0.2, -0.15) is 10.2 Å². The number of benzene rings is 2. The molecule has 0 saturated heterocycles. The van der Waals surface area contributed by atoms with Crippen molar-refractivity contribution in [3.63, 3.8) is 0 Å². The Morgan fingerprint density at radius 3 is 2.20 bits per heavy atom. The summed E-state index contributed by atoms with van der Waals surface area (Å²) in [6.45, 7) is 5.90. The molecule has 4 aromatic rings. The van der Waals surface area contributed by atoms with E-state index in [4.69, 9.17) is 14.2 Å². The minimum absolute atomic E-state index is 0.161. The maximum Gasteiger partial charge on any atom is 0.119 e. The molecule has 46 heavy (non-hydrogen) atoms. The second kappa shape index (κ2) is 16.1. The number of aryl methyl sites for hydroxylation is 2. The fourth-order valence-corrected chi connectivity index (χ4v) is 9.01. The van der Waals surface area contributed by atoms with E-state index in [2.05, 4.69) is 71.3 Å². The monoisotopic (exact) mass is 654 g/mol. The van der Waals surface area contributed by atoms with Gasteiger partial charge in [-0.15, -0.1) is 22.7 Å². The highest BCUT2D eigenvalue weighted by Gasteiger charge is 2.37. The van der Waals surface area contributed by atoms with Gasteiger partial charge in [0.1, 0.15) is 5.75 Å². The van der Waals surface area contributed by atoms with Crippen molar-refractivity contribution in [2.24, 2.45) is 10.2 Å². The van der Waals surface area contributed by atoms with Crippen molar-refractivity contribution < 1.29 is 14.2 Å². The number of allylic oxidation sites excluding steroid dienone is 2. The van der Waals surface area contributed by atoms with Crippen molar-refractivity contribution in [1.82, 2.24) is 0 Å². The molecule has 0 radical (unpaired) electrons. The number of hydrogen-bond donors (Lipinski definition) is 0. The average molecular weight is 655 g/mol. The van der Waals surface area contributed by atoms with E-state index in [-0.39, 0.29) is 18.1 Å². The van der Waals surface area contributed by atoms with Crippen LogP contribution in [0.5, 0.6) is 5.75 Å². The molecule has 1 aliphatic carbocycles. The quantitative estimate of drug-likeness (QED) is 0.192. The Morgan fingerprint density at radius 2 is 1.43 bits per heavy atom. The first-order valence-electron chi connectivity index (χ1n) is 16.8. The Balaban J connectivity index is 1.32. The summed E-state index contributed by atoms with van der Waals surface area (Å²) in [6, 6.07) is 16.8. The Bertz CT molecular complexity index is 1600. The van der Waals surface area contributed by atoms with Gasteiger partial charge in [-0.05, 0) is 153 Å².